The van der Waals surface area contributed by atoms with E-state index >= 15 is 0 Å². The molecule has 140 valence electrons. The van der Waals surface area contributed by atoms with Gasteiger partial charge in [-0.2, -0.15) is 0 Å². The highest BCUT2D eigenvalue weighted by molar-refractivity contribution is 7.99. The third-order valence-electron chi connectivity index (χ3n) is 4.36. The van der Waals surface area contributed by atoms with Crippen molar-refractivity contribution in [3.05, 3.63) is 64.4 Å². The van der Waals surface area contributed by atoms with Gasteiger partial charge in [-0.25, -0.2) is 4.98 Å². The van der Waals surface area contributed by atoms with Crippen molar-refractivity contribution in [2.24, 2.45) is 0 Å². The van der Waals surface area contributed by atoms with Gasteiger partial charge in [0.1, 0.15) is 0 Å². The zero-order valence-electron chi connectivity index (χ0n) is 15.7. The van der Waals surface area contributed by atoms with Gasteiger partial charge in [-0.1, -0.05) is 43.0 Å². The Morgan fingerprint density at radius 2 is 2.00 bits per heavy atom. The van der Waals surface area contributed by atoms with Crippen LogP contribution < -0.4 is 10.9 Å². The van der Waals surface area contributed by atoms with Gasteiger partial charge in [0.15, 0.2) is 5.16 Å². The molecule has 0 fully saturated rings. The smallest absolute Gasteiger partial charge is 0.266 e. The molecule has 0 saturated carbocycles. The van der Waals surface area contributed by atoms with Crippen LogP contribution in [-0.2, 0) is 4.79 Å². The molecule has 3 aromatic rings. The van der Waals surface area contributed by atoms with Crippen molar-refractivity contribution in [2.45, 2.75) is 38.4 Å². The number of carbonyl (C=O) groups is 1. The third kappa shape index (κ3) is 4.39. The second kappa shape index (κ2) is 8.39. The summed E-state index contributed by atoms with van der Waals surface area (Å²) in [6.45, 7) is 5.98. The summed E-state index contributed by atoms with van der Waals surface area (Å²) in [4.78, 5) is 30.0. The number of benzene rings is 2. The van der Waals surface area contributed by atoms with Crippen molar-refractivity contribution in [3.8, 4) is 5.69 Å². The summed E-state index contributed by atoms with van der Waals surface area (Å²) in [5.41, 5.74) is 2.31. The first-order valence-corrected chi connectivity index (χ1v) is 9.99. The van der Waals surface area contributed by atoms with Gasteiger partial charge in [0.2, 0.25) is 5.91 Å². The molecule has 0 unspecified atom stereocenters. The van der Waals surface area contributed by atoms with Gasteiger partial charge in [-0.3, -0.25) is 14.2 Å². The maximum absolute atomic E-state index is 13.1. The van der Waals surface area contributed by atoms with Crippen molar-refractivity contribution in [2.75, 3.05) is 5.75 Å². The highest BCUT2D eigenvalue weighted by Crippen LogP contribution is 2.21. The highest BCUT2D eigenvalue weighted by atomic mass is 32.2. The van der Waals surface area contributed by atoms with Crippen LogP contribution in [0.15, 0.2) is 58.5 Å². The Labute approximate surface area is 162 Å². The topological polar surface area (TPSA) is 64.0 Å². The second-order valence-corrected chi connectivity index (χ2v) is 7.50. The van der Waals surface area contributed by atoms with E-state index in [0.29, 0.717) is 16.1 Å². The van der Waals surface area contributed by atoms with E-state index in [9.17, 15) is 9.59 Å². The van der Waals surface area contributed by atoms with E-state index in [4.69, 9.17) is 0 Å². The molecule has 0 aliphatic carbocycles. The Kier molecular flexibility index (Phi) is 5.96. The largest absolute Gasteiger partial charge is 0.353 e. The SMILES string of the molecule is CC[C@H](C)NC(=O)CSc1nc2ccccc2c(=O)n1-c1cccc(C)c1. The molecular weight excluding hydrogens is 358 g/mol. The van der Waals surface area contributed by atoms with Crippen LogP contribution in [0.3, 0.4) is 0 Å². The fourth-order valence-electron chi connectivity index (χ4n) is 2.75. The van der Waals surface area contributed by atoms with Crippen LogP contribution >= 0.6 is 11.8 Å². The summed E-state index contributed by atoms with van der Waals surface area (Å²) in [7, 11) is 0. The van der Waals surface area contributed by atoms with E-state index in [0.717, 1.165) is 17.7 Å². The third-order valence-corrected chi connectivity index (χ3v) is 5.30. The van der Waals surface area contributed by atoms with Gasteiger partial charge in [0, 0.05) is 6.04 Å². The Morgan fingerprint density at radius 3 is 2.74 bits per heavy atom. The fourth-order valence-corrected chi connectivity index (χ4v) is 3.58. The normalized spacial score (nSPS) is 12.1. The van der Waals surface area contributed by atoms with Crippen LogP contribution in [0.4, 0.5) is 0 Å². The van der Waals surface area contributed by atoms with Crippen molar-refractivity contribution in [1.29, 1.82) is 0 Å². The molecule has 1 atom stereocenters. The van der Waals surface area contributed by atoms with Crippen molar-refractivity contribution in [1.82, 2.24) is 14.9 Å². The molecule has 1 heterocycles. The van der Waals surface area contributed by atoms with Crippen LogP contribution in [0.25, 0.3) is 16.6 Å². The number of nitrogens with one attached hydrogen (secondary N) is 1. The maximum Gasteiger partial charge on any atom is 0.266 e. The number of carbonyl (C=O) groups excluding carboxylic acids is 1. The van der Waals surface area contributed by atoms with Crippen LogP contribution in [0.5, 0.6) is 0 Å². The molecule has 0 saturated heterocycles. The Balaban J connectivity index is 2.03. The van der Waals surface area contributed by atoms with E-state index in [2.05, 4.69) is 10.3 Å². The van der Waals surface area contributed by atoms with Gasteiger partial charge >= 0.3 is 0 Å². The minimum absolute atomic E-state index is 0.0625. The minimum atomic E-state index is -0.129. The van der Waals surface area contributed by atoms with Crippen LogP contribution in [0.1, 0.15) is 25.8 Å². The second-order valence-electron chi connectivity index (χ2n) is 6.56. The molecule has 0 aliphatic rings. The molecule has 0 radical (unpaired) electrons. The molecule has 6 heteroatoms. The number of amides is 1. The average Bonchev–Trinajstić information content (AvgIpc) is 2.66. The van der Waals surface area contributed by atoms with Gasteiger partial charge in [0.25, 0.3) is 5.56 Å². The molecule has 1 amide bonds. The Morgan fingerprint density at radius 1 is 1.22 bits per heavy atom. The molecule has 2 aromatic carbocycles. The first-order valence-electron chi connectivity index (χ1n) is 9.00. The lowest BCUT2D eigenvalue weighted by molar-refractivity contribution is -0.119. The highest BCUT2D eigenvalue weighted by Gasteiger charge is 2.15. The maximum atomic E-state index is 13.1. The first-order chi connectivity index (χ1) is 13.0. The number of hydrogen-bond acceptors (Lipinski definition) is 4. The molecule has 1 aromatic heterocycles. The molecule has 3 rings (SSSR count). The number of aryl methyl sites for hydroxylation is 1. The summed E-state index contributed by atoms with van der Waals surface area (Å²) < 4.78 is 1.59. The summed E-state index contributed by atoms with van der Waals surface area (Å²) in [6.07, 6.45) is 0.874. The summed E-state index contributed by atoms with van der Waals surface area (Å²) in [6, 6.07) is 15.1. The fraction of sp³-hybridized carbons (Fsp3) is 0.286. The predicted molar refractivity (Wildman–Crippen MR) is 111 cm³/mol. The summed E-state index contributed by atoms with van der Waals surface area (Å²) in [5.74, 6) is 0.147. The molecule has 0 spiro atoms. The number of para-hydroxylation sites is 1. The minimum Gasteiger partial charge on any atom is -0.353 e. The van der Waals surface area contributed by atoms with E-state index in [1.807, 2.05) is 63.2 Å². The number of aromatic nitrogens is 2. The lowest BCUT2D eigenvalue weighted by atomic mass is 10.2. The molecule has 0 bridgehead atoms. The van der Waals surface area contributed by atoms with Crippen LogP contribution in [0.2, 0.25) is 0 Å². The van der Waals surface area contributed by atoms with Gasteiger partial charge in [0.05, 0.1) is 22.3 Å². The van der Waals surface area contributed by atoms with Crippen molar-refractivity contribution >= 4 is 28.6 Å². The predicted octanol–water partition coefficient (Wildman–Crippen LogP) is 3.70. The lowest BCUT2D eigenvalue weighted by Crippen LogP contribution is -2.33. The molecule has 27 heavy (non-hydrogen) atoms. The van der Waals surface area contributed by atoms with Crippen LogP contribution in [0, 0.1) is 6.92 Å². The molecule has 1 N–H and O–H groups in total. The average molecular weight is 382 g/mol. The van der Waals surface area contributed by atoms with Gasteiger partial charge < -0.3 is 5.32 Å². The van der Waals surface area contributed by atoms with Crippen molar-refractivity contribution in [3.63, 3.8) is 0 Å². The van der Waals surface area contributed by atoms with Gasteiger partial charge in [-0.05, 0) is 50.1 Å². The zero-order valence-corrected chi connectivity index (χ0v) is 16.5. The number of rotatable bonds is 6. The Hall–Kier alpha value is -2.60. The van der Waals surface area contributed by atoms with E-state index in [-0.39, 0.29) is 23.3 Å². The molecule has 5 nitrogen and oxygen atoms in total. The summed E-state index contributed by atoms with van der Waals surface area (Å²) in [5, 5.41) is 4.02. The molecule has 0 aliphatic heterocycles. The summed E-state index contributed by atoms with van der Waals surface area (Å²) >= 11 is 1.28. The van der Waals surface area contributed by atoms with E-state index in [1.54, 1.807) is 10.6 Å². The first kappa shape index (κ1) is 19.2. The Bertz CT molecular complexity index is 1030. The molecular formula is C21H23N3O2S. The van der Waals surface area contributed by atoms with E-state index in [1.165, 1.54) is 11.8 Å². The number of hydrogen-bond donors (Lipinski definition) is 1. The monoisotopic (exact) mass is 381 g/mol. The van der Waals surface area contributed by atoms with Crippen molar-refractivity contribution < 1.29 is 4.79 Å². The number of fused-ring (bicyclic) bond motifs is 1. The zero-order chi connectivity index (χ0) is 19.4. The number of nitrogens with zero attached hydrogens (tertiary/aromatic N) is 2. The lowest BCUT2D eigenvalue weighted by Gasteiger charge is -2.14. The van der Waals surface area contributed by atoms with Crippen LogP contribution in [-0.4, -0.2) is 27.3 Å². The van der Waals surface area contributed by atoms with Gasteiger partial charge in [-0.15, -0.1) is 0 Å². The standard InChI is InChI=1S/C21H23N3O2S/c1-4-15(3)22-19(25)13-27-21-23-18-11-6-5-10-17(18)20(26)24(21)16-9-7-8-14(2)12-16/h5-12,15H,4,13H2,1-3H3,(H,22,25)/t15-/m0/s1. The number of thioether (sulfide) groups is 1. The quantitative estimate of drug-likeness (QED) is 0.522. The van der Waals surface area contributed by atoms with E-state index < -0.39 is 0 Å².